The van der Waals surface area contributed by atoms with Crippen LogP contribution in [0.3, 0.4) is 0 Å². The Morgan fingerprint density at radius 2 is 2.05 bits per heavy atom. The standard InChI is InChI=1S/C15H20N4O2/c1-3-5-10-13(20)17-18-15-16-12-9-7-6-8-11(12)14(21)19(15)4-2/h6-9H,3-5,10H2,1-2H3,(H,16,18)(H,17,20). The van der Waals surface area contributed by atoms with E-state index in [2.05, 4.69) is 15.8 Å². The number of unbranched alkanes of at least 4 members (excludes halogenated alkanes) is 1. The molecular weight excluding hydrogens is 268 g/mol. The number of rotatable bonds is 6. The highest BCUT2D eigenvalue weighted by Gasteiger charge is 2.10. The molecule has 112 valence electrons. The lowest BCUT2D eigenvalue weighted by atomic mass is 10.2. The molecule has 0 saturated carbocycles. The fourth-order valence-electron chi connectivity index (χ4n) is 2.08. The molecule has 0 aliphatic rings. The molecular formula is C15H20N4O2. The van der Waals surface area contributed by atoms with Gasteiger partial charge < -0.3 is 0 Å². The lowest BCUT2D eigenvalue weighted by Crippen LogP contribution is -2.34. The summed E-state index contributed by atoms with van der Waals surface area (Å²) in [5.74, 6) is 0.243. The predicted molar refractivity (Wildman–Crippen MR) is 83.0 cm³/mol. The number of anilines is 1. The maximum Gasteiger partial charge on any atom is 0.262 e. The van der Waals surface area contributed by atoms with Gasteiger partial charge in [0.15, 0.2) is 0 Å². The number of nitrogens with one attached hydrogen (secondary N) is 2. The van der Waals surface area contributed by atoms with Crippen molar-refractivity contribution in [3.8, 4) is 0 Å². The second-order valence-electron chi connectivity index (χ2n) is 4.78. The van der Waals surface area contributed by atoms with Gasteiger partial charge in [-0.1, -0.05) is 25.5 Å². The summed E-state index contributed by atoms with van der Waals surface area (Å²) < 4.78 is 1.50. The van der Waals surface area contributed by atoms with Crippen LogP contribution < -0.4 is 16.4 Å². The highest BCUT2D eigenvalue weighted by Crippen LogP contribution is 2.10. The van der Waals surface area contributed by atoms with Gasteiger partial charge in [-0.2, -0.15) is 0 Å². The molecule has 0 atom stereocenters. The molecule has 6 heteroatoms. The van der Waals surface area contributed by atoms with E-state index < -0.39 is 0 Å². The molecule has 2 aromatic rings. The van der Waals surface area contributed by atoms with Gasteiger partial charge in [-0.15, -0.1) is 0 Å². The molecule has 0 spiro atoms. The van der Waals surface area contributed by atoms with Gasteiger partial charge in [-0.25, -0.2) is 4.98 Å². The third-order valence-electron chi connectivity index (χ3n) is 3.25. The Kier molecular flexibility index (Phi) is 4.92. The van der Waals surface area contributed by atoms with Crippen molar-refractivity contribution in [2.24, 2.45) is 0 Å². The predicted octanol–water partition coefficient (Wildman–Crippen LogP) is 2.05. The van der Waals surface area contributed by atoms with Crippen molar-refractivity contribution in [3.63, 3.8) is 0 Å². The first-order chi connectivity index (χ1) is 10.2. The monoisotopic (exact) mass is 288 g/mol. The molecule has 0 fully saturated rings. The van der Waals surface area contributed by atoms with Crippen molar-refractivity contribution in [2.45, 2.75) is 39.7 Å². The summed E-state index contributed by atoms with van der Waals surface area (Å²) in [7, 11) is 0. The zero-order valence-electron chi connectivity index (χ0n) is 12.3. The first-order valence-electron chi connectivity index (χ1n) is 7.21. The van der Waals surface area contributed by atoms with Crippen molar-refractivity contribution in [1.29, 1.82) is 0 Å². The summed E-state index contributed by atoms with van der Waals surface area (Å²) in [5, 5.41) is 0.571. The number of benzene rings is 1. The third-order valence-corrected chi connectivity index (χ3v) is 3.25. The Morgan fingerprint density at radius 3 is 2.76 bits per heavy atom. The number of nitrogens with zero attached hydrogens (tertiary/aromatic N) is 2. The smallest absolute Gasteiger partial charge is 0.262 e. The lowest BCUT2D eigenvalue weighted by molar-refractivity contribution is -0.120. The minimum atomic E-state index is -0.117. The van der Waals surface area contributed by atoms with E-state index in [4.69, 9.17) is 0 Å². The van der Waals surface area contributed by atoms with Crippen LogP contribution in [0.2, 0.25) is 0 Å². The SMILES string of the molecule is CCCCC(=O)NNc1nc2ccccc2c(=O)n1CC. The van der Waals surface area contributed by atoms with Crippen LogP contribution in [0, 0.1) is 0 Å². The lowest BCUT2D eigenvalue weighted by Gasteiger charge is -2.13. The number of amides is 1. The summed E-state index contributed by atoms with van der Waals surface area (Å²) in [6, 6.07) is 7.17. The van der Waals surface area contributed by atoms with Gasteiger partial charge in [0.25, 0.3) is 5.56 Å². The fraction of sp³-hybridized carbons (Fsp3) is 0.400. The van der Waals surface area contributed by atoms with E-state index in [1.165, 1.54) is 4.57 Å². The maximum absolute atomic E-state index is 12.4. The molecule has 21 heavy (non-hydrogen) atoms. The summed E-state index contributed by atoms with van der Waals surface area (Å²) in [5.41, 5.74) is 5.84. The Hall–Kier alpha value is -2.37. The average molecular weight is 288 g/mol. The molecule has 2 rings (SSSR count). The van der Waals surface area contributed by atoms with Crippen LogP contribution in [0.5, 0.6) is 0 Å². The van der Waals surface area contributed by atoms with Crippen LogP contribution in [0.4, 0.5) is 5.95 Å². The number of fused-ring (bicyclic) bond motifs is 1. The Morgan fingerprint density at radius 1 is 1.29 bits per heavy atom. The minimum Gasteiger partial charge on any atom is -0.277 e. The second kappa shape index (κ2) is 6.88. The van der Waals surface area contributed by atoms with E-state index >= 15 is 0 Å². The van der Waals surface area contributed by atoms with Crippen molar-refractivity contribution >= 4 is 22.8 Å². The quantitative estimate of drug-likeness (QED) is 0.798. The van der Waals surface area contributed by atoms with E-state index in [9.17, 15) is 9.59 Å². The molecule has 0 unspecified atom stereocenters. The van der Waals surface area contributed by atoms with Gasteiger partial charge in [0.2, 0.25) is 11.9 Å². The number of hydrogen-bond donors (Lipinski definition) is 2. The van der Waals surface area contributed by atoms with E-state index in [0.29, 0.717) is 29.8 Å². The molecule has 0 aliphatic heterocycles. The normalized spacial score (nSPS) is 10.6. The number of hydrogen-bond acceptors (Lipinski definition) is 4. The Balaban J connectivity index is 2.26. The van der Waals surface area contributed by atoms with Crippen molar-refractivity contribution in [1.82, 2.24) is 15.0 Å². The number of carbonyl (C=O) groups excluding carboxylic acids is 1. The van der Waals surface area contributed by atoms with Crippen LogP contribution in [0.15, 0.2) is 29.1 Å². The number of hydrazine groups is 1. The molecule has 0 saturated heterocycles. The van der Waals surface area contributed by atoms with E-state index in [-0.39, 0.29) is 11.5 Å². The minimum absolute atomic E-state index is 0.109. The van der Waals surface area contributed by atoms with Crippen molar-refractivity contribution in [3.05, 3.63) is 34.6 Å². The first-order valence-corrected chi connectivity index (χ1v) is 7.21. The number of para-hydroxylation sites is 1. The van der Waals surface area contributed by atoms with Crippen LogP contribution in [0.1, 0.15) is 33.1 Å². The first kappa shape index (κ1) is 15.0. The zero-order valence-corrected chi connectivity index (χ0v) is 12.3. The second-order valence-corrected chi connectivity index (χ2v) is 4.78. The van der Waals surface area contributed by atoms with Gasteiger partial charge in [0.1, 0.15) is 0 Å². The Bertz CT molecular complexity index is 694. The van der Waals surface area contributed by atoms with Crippen LogP contribution >= 0.6 is 0 Å². The van der Waals surface area contributed by atoms with E-state index in [1.807, 2.05) is 26.0 Å². The molecule has 1 aromatic heterocycles. The van der Waals surface area contributed by atoms with Gasteiger partial charge in [-0.05, 0) is 25.5 Å². The van der Waals surface area contributed by atoms with Gasteiger partial charge >= 0.3 is 0 Å². The molecule has 1 aromatic carbocycles. The summed E-state index contributed by atoms with van der Waals surface area (Å²) >= 11 is 0. The van der Waals surface area contributed by atoms with Crippen LogP contribution in [-0.4, -0.2) is 15.5 Å². The molecule has 1 amide bonds. The average Bonchev–Trinajstić information content (AvgIpc) is 2.51. The molecule has 1 heterocycles. The maximum atomic E-state index is 12.4. The largest absolute Gasteiger partial charge is 0.277 e. The van der Waals surface area contributed by atoms with Crippen LogP contribution in [0.25, 0.3) is 10.9 Å². The summed E-state index contributed by atoms with van der Waals surface area (Å²) in [6.07, 6.45) is 2.24. The molecule has 0 bridgehead atoms. The third kappa shape index (κ3) is 3.39. The van der Waals surface area contributed by atoms with Crippen molar-refractivity contribution in [2.75, 3.05) is 5.43 Å². The fourth-order valence-corrected chi connectivity index (χ4v) is 2.08. The summed E-state index contributed by atoms with van der Waals surface area (Å²) in [6.45, 7) is 4.37. The summed E-state index contributed by atoms with van der Waals surface area (Å²) in [4.78, 5) is 28.4. The van der Waals surface area contributed by atoms with Gasteiger partial charge in [0.05, 0.1) is 10.9 Å². The zero-order chi connectivity index (χ0) is 15.2. The topological polar surface area (TPSA) is 76.0 Å². The molecule has 0 radical (unpaired) electrons. The highest BCUT2D eigenvalue weighted by atomic mass is 16.2. The van der Waals surface area contributed by atoms with E-state index in [0.717, 1.165) is 12.8 Å². The molecule has 6 nitrogen and oxygen atoms in total. The molecule has 0 aliphatic carbocycles. The number of aromatic nitrogens is 2. The van der Waals surface area contributed by atoms with Gasteiger partial charge in [0, 0.05) is 13.0 Å². The van der Waals surface area contributed by atoms with Gasteiger partial charge in [-0.3, -0.25) is 25.0 Å². The van der Waals surface area contributed by atoms with E-state index in [1.54, 1.807) is 12.1 Å². The molecule has 2 N–H and O–H groups in total. The Labute approximate surface area is 123 Å². The van der Waals surface area contributed by atoms with Crippen LogP contribution in [-0.2, 0) is 11.3 Å². The number of carbonyl (C=O) groups is 1. The highest BCUT2D eigenvalue weighted by molar-refractivity contribution is 5.79. The van der Waals surface area contributed by atoms with Crippen molar-refractivity contribution < 1.29 is 4.79 Å².